The summed E-state index contributed by atoms with van der Waals surface area (Å²) in [5.41, 5.74) is 0.947. The number of carbonyl (C=O) groups is 1. The Balaban J connectivity index is 1.98. The van der Waals surface area contributed by atoms with E-state index in [9.17, 15) is 13.6 Å². The van der Waals surface area contributed by atoms with Crippen LogP contribution in [0.5, 0.6) is 11.5 Å². The second kappa shape index (κ2) is 9.71. The van der Waals surface area contributed by atoms with Gasteiger partial charge < -0.3 is 14.8 Å². The van der Waals surface area contributed by atoms with Crippen LogP contribution in [0.3, 0.4) is 0 Å². The minimum absolute atomic E-state index is 0.103. The van der Waals surface area contributed by atoms with Crippen molar-refractivity contribution in [2.45, 2.75) is 13.3 Å². The molecule has 0 atom stereocenters. The molecule has 0 saturated carbocycles. The highest BCUT2D eigenvalue weighted by molar-refractivity contribution is 9.10. The summed E-state index contributed by atoms with van der Waals surface area (Å²) in [6.45, 7) is 2.46. The number of hydrogen-bond acceptors (Lipinski definition) is 3. The van der Waals surface area contributed by atoms with Crippen molar-refractivity contribution in [3.63, 3.8) is 0 Å². The van der Waals surface area contributed by atoms with Crippen LogP contribution in [0.2, 0.25) is 0 Å². The normalized spacial score (nSPS) is 10.6. The predicted molar refractivity (Wildman–Crippen MR) is 116 cm³/mol. The zero-order valence-corrected chi connectivity index (χ0v) is 18.1. The van der Waals surface area contributed by atoms with Gasteiger partial charge in [-0.1, -0.05) is 37.3 Å². The lowest BCUT2D eigenvalue weighted by Crippen LogP contribution is -2.15. The molecule has 3 aromatic rings. The molecule has 1 N–H and O–H groups in total. The molecule has 7 heteroatoms. The van der Waals surface area contributed by atoms with Crippen molar-refractivity contribution in [3.05, 3.63) is 76.3 Å². The molecule has 0 aliphatic carbocycles. The second-order valence-electron chi connectivity index (χ2n) is 6.47. The van der Waals surface area contributed by atoms with E-state index in [1.165, 1.54) is 19.2 Å². The number of benzene rings is 3. The van der Waals surface area contributed by atoms with Crippen LogP contribution in [0.4, 0.5) is 14.5 Å². The third kappa shape index (κ3) is 4.79. The van der Waals surface area contributed by atoms with Gasteiger partial charge in [-0.15, -0.1) is 0 Å². The third-order valence-corrected chi connectivity index (χ3v) is 4.91. The maximum absolute atomic E-state index is 14.6. The average molecular weight is 476 g/mol. The smallest absolute Gasteiger partial charge is 0.255 e. The van der Waals surface area contributed by atoms with E-state index in [4.69, 9.17) is 9.47 Å². The van der Waals surface area contributed by atoms with E-state index < -0.39 is 17.5 Å². The van der Waals surface area contributed by atoms with Gasteiger partial charge in [0.15, 0.2) is 11.5 Å². The van der Waals surface area contributed by atoms with Gasteiger partial charge >= 0.3 is 0 Å². The van der Waals surface area contributed by atoms with Crippen molar-refractivity contribution in [1.29, 1.82) is 0 Å². The molecule has 0 fully saturated rings. The van der Waals surface area contributed by atoms with Crippen LogP contribution in [0.1, 0.15) is 23.7 Å². The van der Waals surface area contributed by atoms with Gasteiger partial charge in [0.2, 0.25) is 0 Å². The standard InChI is InChI=1S/C23H20BrF2NO3/c1-3-9-30-22-18(24)10-15(11-20(22)29-2)23(28)27-21-17(12-16(25)13-19(21)26)14-7-5-4-6-8-14/h4-8,10-13H,3,9H2,1-2H3,(H,27,28). The summed E-state index contributed by atoms with van der Waals surface area (Å²) in [4.78, 5) is 12.9. The highest BCUT2D eigenvalue weighted by Gasteiger charge is 2.19. The summed E-state index contributed by atoms with van der Waals surface area (Å²) >= 11 is 3.39. The minimum Gasteiger partial charge on any atom is -0.493 e. The molecular weight excluding hydrogens is 456 g/mol. The lowest BCUT2D eigenvalue weighted by Gasteiger charge is -2.16. The molecule has 4 nitrogen and oxygen atoms in total. The Labute approximate surface area is 182 Å². The predicted octanol–water partition coefficient (Wildman–Crippen LogP) is 6.44. The molecule has 0 saturated heterocycles. The quantitative estimate of drug-likeness (QED) is 0.427. The highest BCUT2D eigenvalue weighted by Crippen LogP contribution is 2.37. The van der Waals surface area contributed by atoms with Crippen LogP contribution < -0.4 is 14.8 Å². The third-order valence-electron chi connectivity index (χ3n) is 4.32. The molecule has 0 aliphatic rings. The fourth-order valence-corrected chi connectivity index (χ4v) is 3.48. The van der Waals surface area contributed by atoms with Crippen LogP contribution in [0.25, 0.3) is 11.1 Å². The van der Waals surface area contributed by atoms with Crippen molar-refractivity contribution in [3.8, 4) is 22.6 Å². The molecule has 3 rings (SSSR count). The lowest BCUT2D eigenvalue weighted by molar-refractivity contribution is 0.102. The summed E-state index contributed by atoms with van der Waals surface area (Å²) in [5, 5.41) is 2.56. The van der Waals surface area contributed by atoms with Crippen LogP contribution in [-0.4, -0.2) is 19.6 Å². The first-order chi connectivity index (χ1) is 14.4. The highest BCUT2D eigenvalue weighted by atomic mass is 79.9. The molecule has 0 spiro atoms. The lowest BCUT2D eigenvalue weighted by atomic mass is 10.0. The molecule has 0 radical (unpaired) electrons. The summed E-state index contributed by atoms with van der Waals surface area (Å²) in [6, 6.07) is 13.7. The number of nitrogens with one attached hydrogen (secondary N) is 1. The van der Waals surface area contributed by atoms with Gasteiger partial charge in [0.05, 0.1) is 23.9 Å². The minimum atomic E-state index is -0.865. The van der Waals surface area contributed by atoms with Crippen LogP contribution in [-0.2, 0) is 0 Å². The summed E-state index contributed by atoms with van der Waals surface area (Å²) in [5.74, 6) is -1.32. The molecule has 1 amide bonds. The maximum atomic E-state index is 14.6. The Morgan fingerprint density at radius 2 is 1.83 bits per heavy atom. The van der Waals surface area contributed by atoms with Crippen molar-refractivity contribution in [2.24, 2.45) is 0 Å². The van der Waals surface area contributed by atoms with E-state index in [1.54, 1.807) is 36.4 Å². The van der Waals surface area contributed by atoms with Gasteiger partial charge in [-0.3, -0.25) is 4.79 Å². The monoisotopic (exact) mass is 475 g/mol. The fraction of sp³-hybridized carbons (Fsp3) is 0.174. The number of ether oxygens (including phenoxy) is 2. The Bertz CT molecular complexity index is 1060. The van der Waals surface area contributed by atoms with E-state index in [-0.39, 0.29) is 16.8 Å². The van der Waals surface area contributed by atoms with Crippen LogP contribution in [0.15, 0.2) is 59.1 Å². The van der Waals surface area contributed by atoms with Crippen molar-refractivity contribution >= 4 is 27.5 Å². The zero-order chi connectivity index (χ0) is 21.7. The number of hydrogen-bond donors (Lipinski definition) is 1. The van der Waals surface area contributed by atoms with Crippen LogP contribution >= 0.6 is 15.9 Å². The van der Waals surface area contributed by atoms with Gasteiger partial charge in [-0.25, -0.2) is 8.78 Å². The van der Waals surface area contributed by atoms with E-state index in [1.807, 2.05) is 6.92 Å². The summed E-state index contributed by atoms with van der Waals surface area (Å²) in [6.07, 6.45) is 0.809. The maximum Gasteiger partial charge on any atom is 0.255 e. The van der Waals surface area contributed by atoms with Gasteiger partial charge in [-0.2, -0.15) is 0 Å². The Hall–Kier alpha value is -2.93. The number of carbonyl (C=O) groups excluding carboxylic acids is 1. The van der Waals surface area contributed by atoms with Gasteiger partial charge in [0, 0.05) is 17.2 Å². The first-order valence-electron chi connectivity index (χ1n) is 9.30. The number of rotatable bonds is 7. The van der Waals surface area contributed by atoms with Crippen LogP contribution in [0, 0.1) is 11.6 Å². The fourth-order valence-electron chi connectivity index (χ4n) is 2.93. The number of methoxy groups -OCH3 is 1. The molecule has 0 unspecified atom stereocenters. The molecule has 3 aromatic carbocycles. The molecule has 0 aliphatic heterocycles. The average Bonchev–Trinajstić information content (AvgIpc) is 2.74. The van der Waals surface area contributed by atoms with Gasteiger partial charge in [0.1, 0.15) is 11.6 Å². The Morgan fingerprint density at radius 3 is 2.50 bits per heavy atom. The first-order valence-corrected chi connectivity index (χ1v) is 10.1. The number of halogens is 3. The SMILES string of the molecule is CCCOc1c(Br)cc(C(=O)Nc2c(F)cc(F)cc2-c2ccccc2)cc1OC. The molecule has 0 bridgehead atoms. The molecule has 0 aromatic heterocycles. The Morgan fingerprint density at radius 1 is 1.10 bits per heavy atom. The molecule has 156 valence electrons. The van der Waals surface area contributed by atoms with Gasteiger partial charge in [-0.05, 0) is 46.1 Å². The number of anilines is 1. The molecular formula is C23H20BrF2NO3. The Kier molecular flexibility index (Phi) is 7.05. The largest absolute Gasteiger partial charge is 0.493 e. The van der Waals surface area contributed by atoms with Crippen molar-refractivity contribution in [2.75, 3.05) is 19.0 Å². The van der Waals surface area contributed by atoms with Crippen molar-refractivity contribution in [1.82, 2.24) is 0 Å². The van der Waals surface area contributed by atoms with E-state index in [0.29, 0.717) is 28.1 Å². The first kappa shape index (κ1) is 21.8. The summed E-state index contributed by atoms with van der Waals surface area (Å²) in [7, 11) is 1.47. The second-order valence-corrected chi connectivity index (χ2v) is 7.32. The van der Waals surface area contributed by atoms with E-state index in [2.05, 4.69) is 21.2 Å². The summed E-state index contributed by atoms with van der Waals surface area (Å²) < 4.78 is 40.0. The van der Waals surface area contributed by atoms with Crippen molar-refractivity contribution < 1.29 is 23.0 Å². The van der Waals surface area contributed by atoms with E-state index >= 15 is 0 Å². The molecule has 30 heavy (non-hydrogen) atoms. The van der Waals surface area contributed by atoms with E-state index in [0.717, 1.165) is 12.5 Å². The molecule has 0 heterocycles. The number of amides is 1. The zero-order valence-electron chi connectivity index (χ0n) is 16.5. The topological polar surface area (TPSA) is 47.6 Å². The van der Waals surface area contributed by atoms with Gasteiger partial charge in [0.25, 0.3) is 5.91 Å².